The van der Waals surface area contributed by atoms with Crippen LogP contribution in [0.1, 0.15) is 25.7 Å². The maximum atomic E-state index is 9.01. The summed E-state index contributed by atoms with van der Waals surface area (Å²) in [5.74, 6) is 1.40. The Morgan fingerprint density at radius 2 is 1.79 bits per heavy atom. The number of hydrogen-bond acceptors (Lipinski definition) is 6. The number of halogens is 2. The lowest BCUT2D eigenvalue weighted by Crippen LogP contribution is -2.16. The Bertz CT molecular complexity index is 992. The minimum Gasteiger partial charge on any atom is -0.395 e. The van der Waals surface area contributed by atoms with Crippen molar-refractivity contribution in [2.75, 3.05) is 23.8 Å². The van der Waals surface area contributed by atoms with Gasteiger partial charge in [0.15, 0.2) is 5.82 Å². The van der Waals surface area contributed by atoms with Crippen LogP contribution in [0.4, 0.5) is 11.6 Å². The monoisotopic (exact) mass is 417 g/mol. The molecular formula is C20H21Cl2N5O. The van der Waals surface area contributed by atoms with Gasteiger partial charge in [-0.1, -0.05) is 36.0 Å². The van der Waals surface area contributed by atoms with Crippen LogP contribution in [0.5, 0.6) is 0 Å². The first kappa shape index (κ1) is 19.2. The van der Waals surface area contributed by atoms with Crippen LogP contribution in [0.2, 0.25) is 10.0 Å². The second-order valence-electron chi connectivity index (χ2n) is 6.91. The Morgan fingerprint density at radius 1 is 1.04 bits per heavy atom. The molecule has 6 nitrogen and oxygen atoms in total. The predicted molar refractivity (Wildman–Crippen MR) is 114 cm³/mol. The fraction of sp³-hybridized carbons (Fsp3) is 0.350. The molecule has 2 aromatic heterocycles. The molecule has 28 heavy (non-hydrogen) atoms. The van der Waals surface area contributed by atoms with Gasteiger partial charge in [-0.15, -0.1) is 10.2 Å². The third kappa shape index (κ3) is 3.99. The molecule has 1 aliphatic rings. The third-order valence-corrected chi connectivity index (χ3v) is 5.69. The van der Waals surface area contributed by atoms with Gasteiger partial charge in [-0.3, -0.25) is 0 Å². The van der Waals surface area contributed by atoms with Crippen LogP contribution in [0.3, 0.4) is 0 Å². The second kappa shape index (κ2) is 8.47. The van der Waals surface area contributed by atoms with Gasteiger partial charge in [0.25, 0.3) is 0 Å². The highest BCUT2D eigenvalue weighted by Crippen LogP contribution is 2.36. The van der Waals surface area contributed by atoms with Gasteiger partial charge < -0.3 is 15.7 Å². The molecule has 4 rings (SSSR count). The van der Waals surface area contributed by atoms with Crippen LogP contribution in [0.15, 0.2) is 30.5 Å². The minimum atomic E-state index is 0.0320. The molecular weight excluding hydrogens is 397 g/mol. The lowest BCUT2D eigenvalue weighted by molar-refractivity contribution is 0.311. The number of benzene rings is 1. The Kier molecular flexibility index (Phi) is 5.80. The lowest BCUT2D eigenvalue weighted by Gasteiger charge is -2.16. The smallest absolute Gasteiger partial charge is 0.156 e. The Labute approximate surface area is 173 Å². The van der Waals surface area contributed by atoms with E-state index in [-0.39, 0.29) is 6.61 Å². The molecule has 0 saturated heterocycles. The Hall–Kier alpha value is -2.15. The van der Waals surface area contributed by atoms with Crippen LogP contribution < -0.4 is 10.6 Å². The molecule has 0 aliphatic heterocycles. The summed E-state index contributed by atoms with van der Waals surface area (Å²) in [5.41, 5.74) is 1.57. The van der Waals surface area contributed by atoms with Gasteiger partial charge >= 0.3 is 0 Å². The molecule has 0 unspecified atom stereocenters. The number of anilines is 2. The van der Waals surface area contributed by atoms with E-state index >= 15 is 0 Å². The third-order valence-electron chi connectivity index (χ3n) is 4.97. The normalized spacial score (nSPS) is 14.5. The highest BCUT2D eigenvalue weighted by molar-refractivity contribution is 6.43. The number of pyridine rings is 1. The van der Waals surface area contributed by atoms with E-state index < -0.39 is 0 Å². The van der Waals surface area contributed by atoms with Crippen molar-refractivity contribution in [1.29, 1.82) is 0 Å². The van der Waals surface area contributed by atoms with E-state index in [9.17, 15) is 0 Å². The molecule has 3 N–H and O–H groups in total. The predicted octanol–water partition coefficient (Wildman–Crippen LogP) is 4.76. The van der Waals surface area contributed by atoms with Gasteiger partial charge in [0.05, 0.1) is 16.7 Å². The second-order valence-corrected chi connectivity index (χ2v) is 7.73. The summed E-state index contributed by atoms with van der Waals surface area (Å²) in [4.78, 5) is 4.27. The summed E-state index contributed by atoms with van der Waals surface area (Å²) in [6.07, 6.45) is 6.43. The fourth-order valence-corrected chi connectivity index (χ4v) is 3.92. The Balaban J connectivity index is 1.80. The van der Waals surface area contributed by atoms with E-state index in [1.54, 1.807) is 6.20 Å². The van der Waals surface area contributed by atoms with Crippen LogP contribution in [-0.2, 0) is 0 Å². The van der Waals surface area contributed by atoms with Gasteiger partial charge in [-0.25, -0.2) is 4.98 Å². The van der Waals surface area contributed by atoms with Gasteiger partial charge in [-0.2, -0.15) is 0 Å². The van der Waals surface area contributed by atoms with Gasteiger partial charge in [0.2, 0.25) is 0 Å². The molecule has 0 radical (unpaired) electrons. The molecule has 1 aromatic carbocycles. The van der Waals surface area contributed by atoms with Crippen molar-refractivity contribution < 1.29 is 5.11 Å². The lowest BCUT2D eigenvalue weighted by atomic mass is 10.0. The zero-order valence-corrected chi connectivity index (χ0v) is 16.8. The van der Waals surface area contributed by atoms with E-state index in [0.717, 1.165) is 35.0 Å². The molecule has 1 fully saturated rings. The summed E-state index contributed by atoms with van der Waals surface area (Å²) in [6, 6.07) is 7.85. The number of aromatic nitrogens is 3. The highest BCUT2D eigenvalue weighted by Gasteiger charge is 2.19. The first-order valence-electron chi connectivity index (χ1n) is 9.39. The summed E-state index contributed by atoms with van der Waals surface area (Å²) in [7, 11) is 0. The molecule has 0 amide bonds. The van der Waals surface area contributed by atoms with Crippen molar-refractivity contribution in [3.05, 3.63) is 40.5 Å². The fourth-order valence-electron chi connectivity index (χ4n) is 3.59. The Morgan fingerprint density at radius 3 is 2.54 bits per heavy atom. The maximum Gasteiger partial charge on any atom is 0.156 e. The summed E-state index contributed by atoms with van der Waals surface area (Å²) in [5, 5.41) is 27.3. The number of fused-ring (bicyclic) bond motifs is 1. The van der Waals surface area contributed by atoms with Crippen LogP contribution >= 0.6 is 23.2 Å². The van der Waals surface area contributed by atoms with Crippen molar-refractivity contribution in [2.45, 2.75) is 31.7 Å². The number of hydrogen-bond donors (Lipinski definition) is 3. The maximum absolute atomic E-state index is 9.01. The topological polar surface area (TPSA) is 83.0 Å². The van der Waals surface area contributed by atoms with Gasteiger partial charge in [0, 0.05) is 35.1 Å². The van der Waals surface area contributed by atoms with Gasteiger partial charge in [0.1, 0.15) is 11.5 Å². The molecule has 0 bridgehead atoms. The van der Waals surface area contributed by atoms with Crippen molar-refractivity contribution >= 4 is 45.6 Å². The van der Waals surface area contributed by atoms with Crippen molar-refractivity contribution in [3.8, 4) is 11.3 Å². The minimum absolute atomic E-state index is 0.0320. The first-order valence-corrected chi connectivity index (χ1v) is 10.1. The van der Waals surface area contributed by atoms with Crippen LogP contribution in [0.25, 0.3) is 22.0 Å². The first-order chi connectivity index (χ1) is 13.7. The van der Waals surface area contributed by atoms with E-state index in [2.05, 4.69) is 25.8 Å². The SMILES string of the molecule is OCCNc1cc(-c2nnc(NC3CCCC3)c3cc(Cl)c(Cl)cc23)ccn1. The van der Waals surface area contributed by atoms with E-state index in [1.165, 1.54) is 12.8 Å². The molecule has 0 spiro atoms. The average Bonchev–Trinajstić information content (AvgIpc) is 3.21. The number of aliphatic hydroxyl groups is 1. The van der Waals surface area contributed by atoms with E-state index in [0.29, 0.717) is 34.1 Å². The summed E-state index contributed by atoms with van der Waals surface area (Å²) >= 11 is 12.6. The number of aliphatic hydroxyl groups excluding tert-OH is 1. The molecule has 3 aromatic rings. The average molecular weight is 418 g/mol. The number of nitrogens with zero attached hydrogens (tertiary/aromatic N) is 3. The molecule has 1 saturated carbocycles. The van der Waals surface area contributed by atoms with Crippen LogP contribution in [0, 0.1) is 0 Å². The molecule has 2 heterocycles. The molecule has 1 aliphatic carbocycles. The number of rotatable bonds is 6. The van der Waals surface area contributed by atoms with E-state index in [4.69, 9.17) is 28.3 Å². The zero-order valence-electron chi connectivity index (χ0n) is 15.3. The highest BCUT2D eigenvalue weighted by atomic mass is 35.5. The molecule has 146 valence electrons. The zero-order chi connectivity index (χ0) is 19.5. The number of nitrogens with one attached hydrogen (secondary N) is 2. The summed E-state index contributed by atoms with van der Waals surface area (Å²) < 4.78 is 0. The van der Waals surface area contributed by atoms with Crippen molar-refractivity contribution in [3.63, 3.8) is 0 Å². The van der Waals surface area contributed by atoms with Crippen molar-refractivity contribution in [2.24, 2.45) is 0 Å². The standard InChI is InChI=1S/C20H21Cl2N5O/c21-16-10-14-15(11-17(16)22)20(25-13-3-1-2-4-13)27-26-19(14)12-5-6-23-18(9-12)24-7-8-28/h5-6,9-11,13,28H,1-4,7-8H2,(H,23,24)(H,25,27). The summed E-state index contributed by atoms with van der Waals surface area (Å²) in [6.45, 7) is 0.457. The van der Waals surface area contributed by atoms with Crippen LogP contribution in [-0.4, -0.2) is 39.5 Å². The molecule has 0 atom stereocenters. The largest absolute Gasteiger partial charge is 0.395 e. The van der Waals surface area contributed by atoms with Crippen molar-refractivity contribution in [1.82, 2.24) is 15.2 Å². The molecule has 8 heteroatoms. The quantitative estimate of drug-likeness (QED) is 0.536. The van der Waals surface area contributed by atoms with E-state index in [1.807, 2.05) is 24.3 Å². The van der Waals surface area contributed by atoms with Gasteiger partial charge in [-0.05, 0) is 37.1 Å².